The fraction of sp³-hybridized carbons (Fsp3) is 0.571. The molecule has 0 spiro atoms. The van der Waals surface area contributed by atoms with Crippen molar-refractivity contribution in [2.24, 2.45) is 5.73 Å². The van der Waals surface area contributed by atoms with Crippen LogP contribution in [-0.4, -0.2) is 21.5 Å². The van der Waals surface area contributed by atoms with E-state index in [1.165, 1.54) is 5.56 Å². The zero-order valence-corrected chi connectivity index (χ0v) is 13.8. The van der Waals surface area contributed by atoms with Crippen LogP contribution in [0.3, 0.4) is 0 Å². The van der Waals surface area contributed by atoms with E-state index in [9.17, 15) is 8.42 Å². The maximum absolute atomic E-state index is 12.0. The third kappa shape index (κ3) is 5.79. The van der Waals surface area contributed by atoms with Gasteiger partial charge in [-0.25, -0.2) is 13.1 Å². The van der Waals surface area contributed by atoms with Crippen LogP contribution in [-0.2, 0) is 10.0 Å². The topological polar surface area (TPSA) is 72.2 Å². The molecule has 0 heterocycles. The quantitative estimate of drug-likeness (QED) is 0.723. The van der Waals surface area contributed by atoms with Crippen LogP contribution in [0.15, 0.2) is 29.2 Å². The molecule has 1 unspecified atom stereocenters. The number of sulfonamides is 1. The minimum atomic E-state index is -3.38. The van der Waals surface area contributed by atoms with Gasteiger partial charge in [0.1, 0.15) is 0 Å². The van der Waals surface area contributed by atoms with Gasteiger partial charge in [0.25, 0.3) is 0 Å². The lowest BCUT2D eigenvalue weighted by atomic mass is 9.99. The summed E-state index contributed by atoms with van der Waals surface area (Å²) in [5.74, 6) is 0.453. The first-order valence-corrected chi connectivity index (χ1v) is 8.29. The number of hydrogen-bond donors (Lipinski definition) is 2. The first-order chi connectivity index (χ1) is 9.01. The smallest absolute Gasteiger partial charge is 0.240 e. The van der Waals surface area contributed by atoms with Gasteiger partial charge in [0, 0.05) is 6.54 Å². The molecule has 0 aliphatic carbocycles. The second-order valence-electron chi connectivity index (χ2n) is 4.77. The molecular formula is C14H25ClN2O2S. The summed E-state index contributed by atoms with van der Waals surface area (Å²) in [6.45, 7) is 5.28. The molecule has 0 saturated carbocycles. The first-order valence-electron chi connectivity index (χ1n) is 6.81. The number of halogens is 1. The predicted octanol–water partition coefficient (Wildman–Crippen LogP) is 2.64. The molecule has 0 aromatic heterocycles. The van der Waals surface area contributed by atoms with E-state index in [-0.39, 0.29) is 12.4 Å². The Bertz CT molecular complexity index is 474. The molecule has 0 bridgehead atoms. The highest BCUT2D eigenvalue weighted by Gasteiger charge is 2.13. The zero-order valence-electron chi connectivity index (χ0n) is 12.1. The van der Waals surface area contributed by atoms with Gasteiger partial charge in [-0.05, 0) is 49.4 Å². The van der Waals surface area contributed by atoms with Crippen LogP contribution >= 0.6 is 12.4 Å². The summed E-state index contributed by atoms with van der Waals surface area (Å²) in [4.78, 5) is 0.326. The maximum atomic E-state index is 12.0. The Morgan fingerprint density at radius 2 is 1.80 bits per heavy atom. The Balaban J connectivity index is 0.00000361. The summed E-state index contributed by atoms with van der Waals surface area (Å²) in [7, 11) is -3.38. The van der Waals surface area contributed by atoms with Crippen molar-refractivity contribution >= 4 is 22.4 Å². The average molecular weight is 321 g/mol. The summed E-state index contributed by atoms with van der Waals surface area (Å²) < 4.78 is 26.6. The molecule has 0 aliphatic heterocycles. The Morgan fingerprint density at radius 1 is 1.20 bits per heavy atom. The predicted molar refractivity (Wildman–Crippen MR) is 85.9 cm³/mol. The lowest BCUT2D eigenvalue weighted by Crippen LogP contribution is -2.25. The normalized spacial score (nSPS) is 12.8. The summed E-state index contributed by atoms with van der Waals surface area (Å²) in [5, 5.41) is 0. The lowest BCUT2D eigenvalue weighted by Gasteiger charge is -2.10. The molecule has 1 aromatic rings. The largest absolute Gasteiger partial charge is 0.330 e. The second-order valence-corrected chi connectivity index (χ2v) is 6.54. The monoisotopic (exact) mass is 320 g/mol. The van der Waals surface area contributed by atoms with Crippen molar-refractivity contribution in [3.63, 3.8) is 0 Å². The van der Waals surface area contributed by atoms with Gasteiger partial charge in [0.2, 0.25) is 10.0 Å². The van der Waals surface area contributed by atoms with Gasteiger partial charge in [-0.2, -0.15) is 0 Å². The van der Waals surface area contributed by atoms with Crippen LogP contribution < -0.4 is 10.5 Å². The van der Waals surface area contributed by atoms with E-state index in [4.69, 9.17) is 5.73 Å². The molecule has 0 radical (unpaired) electrons. The third-order valence-electron chi connectivity index (χ3n) is 3.29. The van der Waals surface area contributed by atoms with Crippen molar-refractivity contribution < 1.29 is 8.42 Å². The van der Waals surface area contributed by atoms with Crippen LogP contribution in [0.5, 0.6) is 0 Å². The highest BCUT2D eigenvalue weighted by atomic mass is 35.5. The molecule has 1 aromatic carbocycles. The fourth-order valence-electron chi connectivity index (χ4n) is 1.77. The maximum Gasteiger partial charge on any atom is 0.240 e. The van der Waals surface area contributed by atoms with Crippen molar-refractivity contribution in [2.45, 2.75) is 43.9 Å². The summed E-state index contributed by atoms with van der Waals surface area (Å²) in [6.07, 6.45) is 2.64. The van der Waals surface area contributed by atoms with E-state index in [0.717, 1.165) is 19.3 Å². The van der Waals surface area contributed by atoms with E-state index in [1.807, 2.05) is 12.1 Å². The molecule has 6 heteroatoms. The number of nitrogens with two attached hydrogens (primary N) is 1. The molecule has 0 saturated heterocycles. The van der Waals surface area contributed by atoms with Gasteiger partial charge in [0.15, 0.2) is 0 Å². The molecule has 0 aliphatic rings. The van der Waals surface area contributed by atoms with E-state index in [2.05, 4.69) is 18.6 Å². The number of rotatable bonds is 8. The lowest BCUT2D eigenvalue weighted by molar-refractivity contribution is 0.577. The summed E-state index contributed by atoms with van der Waals surface area (Å²) in [5.41, 5.74) is 6.54. The van der Waals surface area contributed by atoms with Gasteiger partial charge in [-0.1, -0.05) is 26.0 Å². The molecule has 1 atom stereocenters. The minimum Gasteiger partial charge on any atom is -0.330 e. The second kappa shape index (κ2) is 9.34. The van der Waals surface area contributed by atoms with Crippen LogP contribution in [0.2, 0.25) is 0 Å². The zero-order chi connectivity index (χ0) is 14.3. The van der Waals surface area contributed by atoms with E-state index in [0.29, 0.717) is 23.9 Å². The highest BCUT2D eigenvalue weighted by Crippen LogP contribution is 2.20. The van der Waals surface area contributed by atoms with E-state index in [1.54, 1.807) is 12.1 Å². The first kappa shape index (κ1) is 19.4. The number of hydrogen-bond acceptors (Lipinski definition) is 3. The Labute approximate surface area is 128 Å². The van der Waals surface area contributed by atoms with Crippen molar-refractivity contribution in [1.29, 1.82) is 0 Å². The van der Waals surface area contributed by atoms with Gasteiger partial charge in [-0.15, -0.1) is 12.4 Å². The van der Waals surface area contributed by atoms with Crippen molar-refractivity contribution in [3.8, 4) is 0 Å². The Morgan fingerprint density at radius 3 is 2.30 bits per heavy atom. The van der Waals surface area contributed by atoms with Crippen LogP contribution in [0, 0.1) is 0 Å². The minimum absolute atomic E-state index is 0. The van der Waals surface area contributed by atoms with Gasteiger partial charge in [-0.3, -0.25) is 0 Å². The molecule has 20 heavy (non-hydrogen) atoms. The van der Waals surface area contributed by atoms with Crippen molar-refractivity contribution in [1.82, 2.24) is 4.72 Å². The Hall–Kier alpha value is -0.620. The summed E-state index contributed by atoms with van der Waals surface area (Å²) in [6, 6.07) is 7.13. The standard InChI is InChI=1S/C14H24N2O2S.ClH/c1-3-12(2)13-6-8-14(9-7-13)19(17,18)16-11-5-4-10-15;/h6-9,12,16H,3-5,10-11,15H2,1-2H3;1H. The molecular weight excluding hydrogens is 296 g/mol. The number of unbranched alkanes of at least 4 members (excludes halogenated alkanes) is 1. The van der Waals surface area contributed by atoms with Gasteiger partial charge < -0.3 is 5.73 Å². The molecule has 1 rings (SSSR count). The SMILES string of the molecule is CCC(C)c1ccc(S(=O)(=O)NCCCCN)cc1.Cl. The van der Waals surface area contributed by atoms with Gasteiger partial charge >= 0.3 is 0 Å². The van der Waals surface area contributed by atoms with Crippen LogP contribution in [0.25, 0.3) is 0 Å². The average Bonchev–Trinajstić information content (AvgIpc) is 2.43. The third-order valence-corrected chi connectivity index (χ3v) is 4.77. The molecule has 0 fully saturated rings. The van der Waals surface area contributed by atoms with Gasteiger partial charge in [0.05, 0.1) is 4.90 Å². The molecule has 3 N–H and O–H groups in total. The van der Waals surface area contributed by atoms with Crippen molar-refractivity contribution in [3.05, 3.63) is 29.8 Å². The van der Waals surface area contributed by atoms with E-state index < -0.39 is 10.0 Å². The van der Waals surface area contributed by atoms with Crippen LogP contribution in [0.4, 0.5) is 0 Å². The molecule has 0 amide bonds. The van der Waals surface area contributed by atoms with Crippen LogP contribution in [0.1, 0.15) is 44.6 Å². The number of benzene rings is 1. The molecule has 116 valence electrons. The van der Waals surface area contributed by atoms with E-state index >= 15 is 0 Å². The molecule has 4 nitrogen and oxygen atoms in total. The van der Waals surface area contributed by atoms with Crippen molar-refractivity contribution in [2.75, 3.05) is 13.1 Å². The summed E-state index contributed by atoms with van der Waals surface area (Å²) >= 11 is 0. The Kier molecular flexibility index (Phi) is 9.05. The fourth-order valence-corrected chi connectivity index (χ4v) is 2.84. The highest BCUT2D eigenvalue weighted by molar-refractivity contribution is 7.89. The number of nitrogens with one attached hydrogen (secondary N) is 1.